The van der Waals surface area contributed by atoms with Crippen LogP contribution in [0.5, 0.6) is 0 Å². The van der Waals surface area contributed by atoms with Crippen molar-refractivity contribution in [2.24, 2.45) is 35.5 Å². The third-order valence-corrected chi connectivity index (χ3v) is 5.75. The van der Waals surface area contributed by atoms with Crippen LogP contribution in [-0.2, 0) is 19.2 Å². The van der Waals surface area contributed by atoms with Gasteiger partial charge in [-0.1, -0.05) is 33.1 Å². The van der Waals surface area contributed by atoms with Crippen LogP contribution in [0.3, 0.4) is 0 Å². The summed E-state index contributed by atoms with van der Waals surface area (Å²) in [5, 5.41) is 36.9. The van der Waals surface area contributed by atoms with Gasteiger partial charge in [-0.15, -0.1) is 0 Å². The Labute approximate surface area is 152 Å². The van der Waals surface area contributed by atoms with Gasteiger partial charge in [0.25, 0.3) is 0 Å². The van der Waals surface area contributed by atoms with E-state index in [-0.39, 0.29) is 36.5 Å². The van der Waals surface area contributed by atoms with E-state index >= 15 is 0 Å². The minimum Gasteiger partial charge on any atom is -0.481 e. The molecule has 1 aliphatic carbocycles. The number of rotatable bonds is 10. The Morgan fingerprint density at radius 2 is 1.23 bits per heavy atom. The lowest BCUT2D eigenvalue weighted by atomic mass is 9.61. The topological polar surface area (TPSA) is 149 Å². The number of carboxylic acid groups (broad SMARTS) is 4. The van der Waals surface area contributed by atoms with E-state index in [0.29, 0.717) is 0 Å². The summed E-state index contributed by atoms with van der Waals surface area (Å²) in [5.74, 6) is -9.39. The summed E-state index contributed by atoms with van der Waals surface area (Å²) in [6.45, 7) is 3.88. The van der Waals surface area contributed by atoms with Crippen molar-refractivity contribution in [3.05, 3.63) is 0 Å². The van der Waals surface area contributed by atoms with E-state index in [1.807, 2.05) is 13.8 Å². The van der Waals surface area contributed by atoms with Crippen molar-refractivity contribution in [1.82, 2.24) is 0 Å². The van der Waals surface area contributed by atoms with Gasteiger partial charge in [-0.3, -0.25) is 19.2 Å². The highest BCUT2D eigenvalue weighted by Gasteiger charge is 2.43. The number of aliphatic carboxylic acids is 4. The third-order valence-electron chi connectivity index (χ3n) is 5.75. The smallest absolute Gasteiger partial charge is 0.317 e. The van der Waals surface area contributed by atoms with Gasteiger partial charge in [0.05, 0.1) is 0 Å². The molecule has 0 spiro atoms. The number of hydrogen-bond donors (Lipinski definition) is 4. The van der Waals surface area contributed by atoms with Crippen molar-refractivity contribution >= 4 is 23.9 Å². The molecule has 26 heavy (non-hydrogen) atoms. The molecule has 8 heteroatoms. The van der Waals surface area contributed by atoms with E-state index in [1.165, 1.54) is 0 Å². The molecule has 0 amide bonds. The summed E-state index contributed by atoms with van der Waals surface area (Å²) in [5.41, 5.74) is 0. The number of carboxylic acids is 4. The molecule has 0 heterocycles. The molecular formula is C18H28O8. The molecule has 1 fully saturated rings. The summed E-state index contributed by atoms with van der Waals surface area (Å²) in [4.78, 5) is 45.3. The fourth-order valence-electron chi connectivity index (χ4n) is 4.34. The first-order valence-corrected chi connectivity index (χ1v) is 9.01. The molecule has 0 aromatic heterocycles. The van der Waals surface area contributed by atoms with Gasteiger partial charge in [-0.05, 0) is 42.9 Å². The molecule has 0 aromatic carbocycles. The summed E-state index contributed by atoms with van der Waals surface area (Å²) in [6.07, 6.45) is 3.02. The normalized spacial score (nSPS) is 26.0. The maximum atomic E-state index is 11.3. The molecule has 0 radical (unpaired) electrons. The van der Waals surface area contributed by atoms with Crippen LogP contribution in [0.1, 0.15) is 52.4 Å². The second kappa shape index (κ2) is 9.54. The molecule has 0 bridgehead atoms. The van der Waals surface area contributed by atoms with E-state index in [2.05, 4.69) is 0 Å². The second-order valence-corrected chi connectivity index (χ2v) is 7.36. The molecule has 0 saturated heterocycles. The van der Waals surface area contributed by atoms with Crippen molar-refractivity contribution < 1.29 is 39.6 Å². The molecule has 4 atom stereocenters. The SMILES string of the molecule is CCCC1CCC(C)C(CC(C(=O)O)C(=O)O)C1CC(C(=O)O)C(=O)O. The van der Waals surface area contributed by atoms with Crippen LogP contribution < -0.4 is 0 Å². The van der Waals surface area contributed by atoms with E-state index in [4.69, 9.17) is 0 Å². The van der Waals surface area contributed by atoms with Crippen LogP contribution in [0.4, 0.5) is 0 Å². The van der Waals surface area contributed by atoms with Crippen LogP contribution in [0.2, 0.25) is 0 Å². The summed E-state index contributed by atoms with van der Waals surface area (Å²) in [7, 11) is 0. The Kier molecular flexibility index (Phi) is 8.05. The van der Waals surface area contributed by atoms with Gasteiger partial charge >= 0.3 is 23.9 Å². The van der Waals surface area contributed by atoms with Gasteiger partial charge in [-0.2, -0.15) is 0 Å². The maximum absolute atomic E-state index is 11.3. The molecule has 0 aromatic rings. The Hall–Kier alpha value is -2.12. The minimum atomic E-state index is -1.57. The van der Waals surface area contributed by atoms with E-state index < -0.39 is 35.7 Å². The van der Waals surface area contributed by atoms with Gasteiger partial charge in [0.2, 0.25) is 0 Å². The monoisotopic (exact) mass is 372 g/mol. The van der Waals surface area contributed by atoms with Crippen LogP contribution >= 0.6 is 0 Å². The quantitative estimate of drug-likeness (QED) is 0.427. The van der Waals surface area contributed by atoms with Crippen molar-refractivity contribution in [2.75, 3.05) is 0 Å². The molecule has 148 valence electrons. The molecular weight excluding hydrogens is 344 g/mol. The Morgan fingerprint density at radius 3 is 1.62 bits per heavy atom. The van der Waals surface area contributed by atoms with Crippen LogP contribution in [0, 0.1) is 35.5 Å². The van der Waals surface area contributed by atoms with Crippen molar-refractivity contribution in [2.45, 2.75) is 52.4 Å². The van der Waals surface area contributed by atoms with Crippen LogP contribution in [0.15, 0.2) is 0 Å². The fourth-order valence-corrected chi connectivity index (χ4v) is 4.34. The van der Waals surface area contributed by atoms with Gasteiger partial charge in [0.15, 0.2) is 11.8 Å². The average molecular weight is 372 g/mol. The Morgan fingerprint density at radius 1 is 0.808 bits per heavy atom. The fraction of sp³-hybridized carbons (Fsp3) is 0.778. The highest BCUT2D eigenvalue weighted by atomic mass is 16.4. The molecule has 0 aliphatic heterocycles. The lowest BCUT2D eigenvalue weighted by molar-refractivity contribution is -0.160. The van der Waals surface area contributed by atoms with E-state index in [1.54, 1.807) is 0 Å². The van der Waals surface area contributed by atoms with Crippen molar-refractivity contribution in [1.29, 1.82) is 0 Å². The molecule has 4 unspecified atom stereocenters. The largest absolute Gasteiger partial charge is 0.481 e. The van der Waals surface area contributed by atoms with Crippen LogP contribution in [0.25, 0.3) is 0 Å². The number of hydrogen-bond acceptors (Lipinski definition) is 4. The molecule has 4 N–H and O–H groups in total. The van der Waals surface area contributed by atoms with Gasteiger partial charge in [-0.25, -0.2) is 0 Å². The first-order valence-electron chi connectivity index (χ1n) is 9.01. The first-order chi connectivity index (χ1) is 12.1. The Bertz CT molecular complexity index is 515. The Balaban J connectivity index is 3.17. The van der Waals surface area contributed by atoms with Crippen molar-refractivity contribution in [3.8, 4) is 0 Å². The highest BCUT2D eigenvalue weighted by Crippen LogP contribution is 2.46. The first kappa shape index (κ1) is 21.9. The standard InChI is InChI=1S/C18H28O8/c1-3-4-10-6-5-9(2)11(7-13(15(19)20)16(21)22)12(10)8-14(17(23)24)18(25)26/h9-14H,3-8H2,1-2H3,(H,19,20)(H,21,22)(H,23,24)(H,25,26). The van der Waals surface area contributed by atoms with Gasteiger partial charge in [0.1, 0.15) is 0 Å². The van der Waals surface area contributed by atoms with Gasteiger partial charge < -0.3 is 20.4 Å². The number of carbonyl (C=O) groups is 4. The zero-order valence-corrected chi connectivity index (χ0v) is 15.1. The third kappa shape index (κ3) is 5.44. The zero-order chi connectivity index (χ0) is 20.0. The second-order valence-electron chi connectivity index (χ2n) is 7.36. The molecule has 1 rings (SSSR count). The van der Waals surface area contributed by atoms with E-state index in [0.717, 1.165) is 25.7 Å². The average Bonchev–Trinajstić information content (AvgIpc) is 2.52. The molecule has 1 saturated carbocycles. The predicted molar refractivity (Wildman–Crippen MR) is 90.5 cm³/mol. The molecule has 8 nitrogen and oxygen atoms in total. The van der Waals surface area contributed by atoms with Crippen molar-refractivity contribution in [3.63, 3.8) is 0 Å². The van der Waals surface area contributed by atoms with Crippen LogP contribution in [-0.4, -0.2) is 44.3 Å². The lowest BCUT2D eigenvalue weighted by Gasteiger charge is -2.43. The lowest BCUT2D eigenvalue weighted by Crippen LogP contribution is -2.40. The molecule has 1 aliphatic rings. The predicted octanol–water partition coefficient (Wildman–Crippen LogP) is 2.42. The summed E-state index contributed by atoms with van der Waals surface area (Å²) >= 11 is 0. The zero-order valence-electron chi connectivity index (χ0n) is 15.1. The highest BCUT2D eigenvalue weighted by molar-refractivity contribution is 5.93. The van der Waals surface area contributed by atoms with E-state index in [9.17, 15) is 39.6 Å². The maximum Gasteiger partial charge on any atom is 0.317 e. The summed E-state index contributed by atoms with van der Waals surface area (Å²) in [6, 6.07) is 0. The summed E-state index contributed by atoms with van der Waals surface area (Å²) < 4.78 is 0. The van der Waals surface area contributed by atoms with Gasteiger partial charge in [0, 0.05) is 0 Å². The minimum absolute atomic E-state index is 0.0116.